The molecule has 0 aliphatic rings. The second-order valence-corrected chi connectivity index (χ2v) is 6.69. The topological polar surface area (TPSA) is 52.1 Å². The standard InChI is InChI=1S/C17H20N2O2S/c1-10-8-11(2)19-15(18-10)12-6-7-13(14(22)9-12)16(20)21-17(3,4)5/h6-9,22H,1-5H3. The van der Waals surface area contributed by atoms with Gasteiger partial charge in [-0.15, -0.1) is 12.6 Å². The van der Waals surface area contributed by atoms with Crippen molar-refractivity contribution in [1.82, 2.24) is 9.97 Å². The van der Waals surface area contributed by atoms with Crippen molar-refractivity contribution in [3.63, 3.8) is 0 Å². The lowest BCUT2D eigenvalue weighted by Crippen LogP contribution is -2.24. The molecule has 22 heavy (non-hydrogen) atoms. The van der Waals surface area contributed by atoms with E-state index in [1.54, 1.807) is 12.1 Å². The van der Waals surface area contributed by atoms with Gasteiger partial charge >= 0.3 is 5.97 Å². The predicted molar refractivity (Wildman–Crippen MR) is 89.4 cm³/mol. The SMILES string of the molecule is Cc1cc(C)nc(-c2ccc(C(=O)OC(C)(C)C)c(S)c2)n1. The molecule has 0 saturated carbocycles. The van der Waals surface area contributed by atoms with E-state index in [-0.39, 0.29) is 5.97 Å². The van der Waals surface area contributed by atoms with Crippen molar-refractivity contribution >= 4 is 18.6 Å². The van der Waals surface area contributed by atoms with Crippen LogP contribution in [0.5, 0.6) is 0 Å². The summed E-state index contributed by atoms with van der Waals surface area (Å²) in [5.41, 5.74) is 2.53. The number of aryl methyl sites for hydroxylation is 2. The van der Waals surface area contributed by atoms with Gasteiger partial charge in [0.15, 0.2) is 5.82 Å². The van der Waals surface area contributed by atoms with Crippen LogP contribution in [0.1, 0.15) is 42.5 Å². The van der Waals surface area contributed by atoms with Crippen molar-refractivity contribution < 1.29 is 9.53 Å². The largest absolute Gasteiger partial charge is 0.456 e. The summed E-state index contributed by atoms with van der Waals surface area (Å²) in [6, 6.07) is 7.22. The van der Waals surface area contributed by atoms with E-state index in [0.29, 0.717) is 16.3 Å². The van der Waals surface area contributed by atoms with Gasteiger partial charge in [-0.3, -0.25) is 0 Å². The molecule has 4 nitrogen and oxygen atoms in total. The Hall–Kier alpha value is -1.88. The second-order valence-electron chi connectivity index (χ2n) is 6.21. The molecule has 2 rings (SSSR count). The Kier molecular flexibility index (Phi) is 4.56. The third kappa shape index (κ3) is 4.07. The lowest BCUT2D eigenvalue weighted by atomic mass is 10.1. The molecule has 0 amide bonds. The number of hydrogen-bond donors (Lipinski definition) is 1. The molecule has 0 aliphatic carbocycles. The summed E-state index contributed by atoms with van der Waals surface area (Å²) in [6.07, 6.45) is 0. The molecule has 0 aliphatic heterocycles. The van der Waals surface area contributed by atoms with E-state index in [9.17, 15) is 4.79 Å². The van der Waals surface area contributed by atoms with E-state index < -0.39 is 5.60 Å². The van der Waals surface area contributed by atoms with Crippen LogP contribution in [-0.2, 0) is 4.74 Å². The molecule has 116 valence electrons. The third-order valence-electron chi connectivity index (χ3n) is 2.86. The molecule has 1 aromatic carbocycles. The van der Waals surface area contributed by atoms with Crippen LogP contribution in [0.2, 0.25) is 0 Å². The minimum absolute atomic E-state index is 0.384. The Morgan fingerprint density at radius 1 is 1.09 bits per heavy atom. The van der Waals surface area contributed by atoms with Gasteiger partial charge in [0.25, 0.3) is 0 Å². The molecule has 0 fully saturated rings. The number of carbonyl (C=O) groups is 1. The molecule has 0 N–H and O–H groups in total. The molecule has 0 unspecified atom stereocenters. The number of benzene rings is 1. The first-order valence-electron chi connectivity index (χ1n) is 7.05. The number of aromatic nitrogens is 2. The number of carbonyl (C=O) groups excluding carboxylic acids is 1. The Balaban J connectivity index is 2.35. The first-order valence-corrected chi connectivity index (χ1v) is 7.49. The zero-order valence-electron chi connectivity index (χ0n) is 13.5. The van der Waals surface area contributed by atoms with Gasteiger partial charge in [0.05, 0.1) is 5.56 Å². The maximum absolute atomic E-state index is 12.1. The van der Waals surface area contributed by atoms with Gasteiger partial charge < -0.3 is 4.74 Å². The predicted octanol–water partition coefficient (Wildman–Crippen LogP) is 4.00. The van der Waals surface area contributed by atoms with Gasteiger partial charge in [-0.2, -0.15) is 0 Å². The van der Waals surface area contributed by atoms with Gasteiger partial charge in [0.2, 0.25) is 0 Å². The Bertz CT molecular complexity index is 701. The molecular formula is C17H20N2O2S. The lowest BCUT2D eigenvalue weighted by molar-refractivity contribution is 0.00657. The summed E-state index contributed by atoms with van der Waals surface area (Å²) in [5.74, 6) is 0.244. The van der Waals surface area contributed by atoms with Crippen molar-refractivity contribution in [2.75, 3.05) is 0 Å². The summed E-state index contributed by atoms with van der Waals surface area (Å²) in [5, 5.41) is 0. The van der Waals surface area contributed by atoms with Crippen molar-refractivity contribution in [2.45, 2.75) is 45.1 Å². The van der Waals surface area contributed by atoms with Crippen molar-refractivity contribution in [3.05, 3.63) is 41.2 Å². The molecule has 0 spiro atoms. The normalized spacial score (nSPS) is 11.4. The highest BCUT2D eigenvalue weighted by atomic mass is 32.1. The van der Waals surface area contributed by atoms with Crippen LogP contribution in [0, 0.1) is 13.8 Å². The van der Waals surface area contributed by atoms with E-state index in [0.717, 1.165) is 17.0 Å². The number of nitrogens with zero attached hydrogens (tertiary/aromatic N) is 2. The zero-order valence-corrected chi connectivity index (χ0v) is 14.4. The zero-order chi connectivity index (χ0) is 16.5. The van der Waals surface area contributed by atoms with Crippen molar-refractivity contribution in [2.24, 2.45) is 0 Å². The van der Waals surface area contributed by atoms with Crippen molar-refractivity contribution in [1.29, 1.82) is 0 Å². The molecule has 1 aromatic heterocycles. The Labute approximate surface area is 136 Å². The quantitative estimate of drug-likeness (QED) is 0.672. The van der Waals surface area contributed by atoms with Gasteiger partial charge in [0.1, 0.15) is 5.60 Å². The fourth-order valence-electron chi connectivity index (χ4n) is 2.03. The number of thiol groups is 1. The highest BCUT2D eigenvalue weighted by molar-refractivity contribution is 7.80. The maximum Gasteiger partial charge on any atom is 0.339 e. The fourth-order valence-corrected chi connectivity index (χ4v) is 2.34. The summed E-state index contributed by atoms with van der Waals surface area (Å²) in [6.45, 7) is 9.35. The van der Waals surface area contributed by atoms with Crippen LogP contribution in [0.15, 0.2) is 29.2 Å². The van der Waals surface area contributed by atoms with Crippen molar-refractivity contribution in [3.8, 4) is 11.4 Å². The molecular weight excluding hydrogens is 296 g/mol. The van der Waals surface area contributed by atoms with Crippen LogP contribution < -0.4 is 0 Å². The van der Waals surface area contributed by atoms with Crippen LogP contribution in [0.25, 0.3) is 11.4 Å². The summed E-state index contributed by atoms with van der Waals surface area (Å²) in [7, 11) is 0. The molecule has 0 radical (unpaired) electrons. The molecule has 2 aromatic rings. The van der Waals surface area contributed by atoms with Gasteiger partial charge in [-0.1, -0.05) is 6.07 Å². The molecule has 0 bridgehead atoms. The van der Waals surface area contributed by atoms with E-state index in [4.69, 9.17) is 4.74 Å². The second kappa shape index (κ2) is 6.08. The Morgan fingerprint density at radius 3 is 2.18 bits per heavy atom. The fraction of sp³-hybridized carbons (Fsp3) is 0.353. The molecule has 1 heterocycles. The van der Waals surface area contributed by atoms with E-state index in [1.165, 1.54) is 0 Å². The monoisotopic (exact) mass is 316 g/mol. The smallest absolute Gasteiger partial charge is 0.339 e. The van der Waals surface area contributed by atoms with Gasteiger partial charge in [-0.25, -0.2) is 14.8 Å². The van der Waals surface area contributed by atoms with E-state index >= 15 is 0 Å². The first kappa shape index (κ1) is 16.5. The number of ether oxygens (including phenoxy) is 1. The summed E-state index contributed by atoms with van der Waals surface area (Å²) in [4.78, 5) is 21.5. The number of rotatable bonds is 2. The maximum atomic E-state index is 12.1. The molecule has 0 atom stereocenters. The molecule has 5 heteroatoms. The summed E-state index contributed by atoms with van der Waals surface area (Å²) < 4.78 is 5.37. The lowest BCUT2D eigenvalue weighted by Gasteiger charge is -2.20. The highest BCUT2D eigenvalue weighted by Crippen LogP contribution is 2.24. The van der Waals surface area contributed by atoms with E-state index in [2.05, 4.69) is 22.6 Å². The van der Waals surface area contributed by atoms with Crippen LogP contribution in [0.4, 0.5) is 0 Å². The number of esters is 1. The van der Waals surface area contributed by atoms with Gasteiger partial charge in [0, 0.05) is 21.8 Å². The average Bonchev–Trinajstić information content (AvgIpc) is 2.35. The van der Waals surface area contributed by atoms with Gasteiger partial charge in [-0.05, 0) is 52.8 Å². The number of hydrogen-bond acceptors (Lipinski definition) is 5. The highest BCUT2D eigenvalue weighted by Gasteiger charge is 2.20. The van der Waals surface area contributed by atoms with Crippen LogP contribution in [-0.4, -0.2) is 21.5 Å². The minimum atomic E-state index is -0.535. The molecule has 0 saturated heterocycles. The van der Waals surface area contributed by atoms with Crippen LogP contribution >= 0.6 is 12.6 Å². The van der Waals surface area contributed by atoms with E-state index in [1.807, 2.05) is 46.8 Å². The Morgan fingerprint density at radius 2 is 1.68 bits per heavy atom. The van der Waals surface area contributed by atoms with Crippen LogP contribution in [0.3, 0.4) is 0 Å². The minimum Gasteiger partial charge on any atom is -0.456 e. The average molecular weight is 316 g/mol. The first-order chi connectivity index (χ1) is 10.2. The summed E-state index contributed by atoms with van der Waals surface area (Å²) >= 11 is 4.40. The third-order valence-corrected chi connectivity index (χ3v) is 3.23.